The number of azo groups is 1. The van der Waals surface area contributed by atoms with Crippen molar-refractivity contribution < 1.29 is 14.3 Å². The van der Waals surface area contributed by atoms with Gasteiger partial charge in [-0.05, 0) is 61.9 Å². The lowest BCUT2D eigenvalue weighted by molar-refractivity contribution is -0.134. The molecule has 0 aromatic heterocycles. The predicted molar refractivity (Wildman–Crippen MR) is 98.0 cm³/mol. The summed E-state index contributed by atoms with van der Waals surface area (Å²) in [5, 5.41) is 8.36. The number of hydrogen-bond donors (Lipinski definition) is 0. The van der Waals surface area contributed by atoms with Gasteiger partial charge in [-0.1, -0.05) is 19.8 Å². The molecule has 0 saturated carbocycles. The van der Waals surface area contributed by atoms with Gasteiger partial charge in [-0.25, -0.2) is 0 Å². The third kappa shape index (κ3) is 6.75. The minimum Gasteiger partial charge on any atom is -0.494 e. The highest BCUT2D eigenvalue weighted by Gasteiger charge is 2.04. The normalized spacial score (nSPS) is 10.8. The van der Waals surface area contributed by atoms with Crippen LogP contribution in [0.1, 0.15) is 39.5 Å². The van der Waals surface area contributed by atoms with Crippen molar-refractivity contribution in [1.82, 2.24) is 0 Å². The van der Waals surface area contributed by atoms with E-state index in [1.807, 2.05) is 31.2 Å². The number of unbranched alkanes of at least 4 members (excludes halogenated alkanes) is 2. The van der Waals surface area contributed by atoms with Crippen LogP contribution in [0, 0.1) is 0 Å². The maximum atomic E-state index is 11.7. The number of nitrogens with zero attached hydrogens (tertiary/aromatic N) is 2. The van der Waals surface area contributed by atoms with Crippen LogP contribution < -0.4 is 9.47 Å². The summed E-state index contributed by atoms with van der Waals surface area (Å²) in [5.74, 6) is 1.14. The molecule has 2 rings (SSSR count). The van der Waals surface area contributed by atoms with Crippen LogP contribution in [-0.2, 0) is 4.79 Å². The molecule has 0 radical (unpaired) electrons. The zero-order valence-electron chi connectivity index (χ0n) is 14.8. The van der Waals surface area contributed by atoms with Crippen molar-refractivity contribution in [2.24, 2.45) is 10.2 Å². The Morgan fingerprint density at radius 3 is 1.92 bits per heavy atom. The largest absolute Gasteiger partial charge is 0.494 e. The third-order valence-electron chi connectivity index (χ3n) is 3.48. The van der Waals surface area contributed by atoms with Crippen LogP contribution in [-0.4, -0.2) is 12.6 Å². The van der Waals surface area contributed by atoms with Gasteiger partial charge in [-0.3, -0.25) is 4.79 Å². The number of benzene rings is 2. The molecule has 0 saturated heterocycles. The number of esters is 1. The molecule has 25 heavy (non-hydrogen) atoms. The van der Waals surface area contributed by atoms with Crippen molar-refractivity contribution in [3.63, 3.8) is 0 Å². The van der Waals surface area contributed by atoms with E-state index in [0.29, 0.717) is 24.5 Å². The Kier molecular flexibility index (Phi) is 7.63. The Labute approximate surface area is 148 Å². The first-order valence-corrected chi connectivity index (χ1v) is 8.66. The van der Waals surface area contributed by atoms with E-state index < -0.39 is 0 Å². The molecule has 0 bridgehead atoms. The Hall–Kier alpha value is -2.69. The molecule has 0 N–H and O–H groups in total. The van der Waals surface area contributed by atoms with Gasteiger partial charge in [0.25, 0.3) is 0 Å². The molecule has 0 fully saturated rings. The van der Waals surface area contributed by atoms with E-state index in [-0.39, 0.29) is 5.97 Å². The van der Waals surface area contributed by atoms with E-state index in [2.05, 4.69) is 17.2 Å². The lowest BCUT2D eigenvalue weighted by Gasteiger charge is -2.04. The fraction of sp³-hybridized carbons (Fsp3) is 0.350. The summed E-state index contributed by atoms with van der Waals surface area (Å²) >= 11 is 0. The number of carbonyl (C=O) groups is 1. The maximum Gasteiger partial charge on any atom is 0.311 e. The molecule has 0 unspecified atom stereocenters. The van der Waals surface area contributed by atoms with Crippen molar-refractivity contribution in [3.8, 4) is 11.5 Å². The van der Waals surface area contributed by atoms with E-state index in [1.54, 1.807) is 24.3 Å². The van der Waals surface area contributed by atoms with Crippen molar-refractivity contribution in [2.75, 3.05) is 6.61 Å². The molecule has 0 aliphatic carbocycles. The first-order valence-electron chi connectivity index (χ1n) is 8.66. The molecule has 0 aliphatic rings. The molecule has 132 valence electrons. The summed E-state index contributed by atoms with van der Waals surface area (Å²) < 4.78 is 10.7. The van der Waals surface area contributed by atoms with Crippen LogP contribution in [0.3, 0.4) is 0 Å². The van der Waals surface area contributed by atoms with Crippen LogP contribution in [0.25, 0.3) is 0 Å². The smallest absolute Gasteiger partial charge is 0.311 e. The second kappa shape index (κ2) is 10.2. The second-order valence-electron chi connectivity index (χ2n) is 5.55. The fourth-order valence-electron chi connectivity index (χ4n) is 2.17. The lowest BCUT2D eigenvalue weighted by atomic mass is 10.2. The Balaban J connectivity index is 1.87. The van der Waals surface area contributed by atoms with Gasteiger partial charge in [0.15, 0.2) is 0 Å². The summed E-state index contributed by atoms with van der Waals surface area (Å²) in [6, 6.07) is 14.4. The van der Waals surface area contributed by atoms with Gasteiger partial charge in [-0.2, -0.15) is 10.2 Å². The highest BCUT2D eigenvalue weighted by Crippen LogP contribution is 2.23. The quantitative estimate of drug-likeness (QED) is 0.244. The Morgan fingerprint density at radius 2 is 1.40 bits per heavy atom. The van der Waals surface area contributed by atoms with E-state index in [0.717, 1.165) is 30.7 Å². The first kappa shape index (κ1) is 18.6. The highest BCUT2D eigenvalue weighted by molar-refractivity contribution is 5.72. The van der Waals surface area contributed by atoms with Crippen LogP contribution in [0.2, 0.25) is 0 Å². The van der Waals surface area contributed by atoms with Crippen LogP contribution in [0.4, 0.5) is 11.4 Å². The van der Waals surface area contributed by atoms with Crippen molar-refractivity contribution in [2.45, 2.75) is 39.5 Å². The summed E-state index contributed by atoms with van der Waals surface area (Å²) in [6.07, 6.45) is 3.44. The zero-order chi connectivity index (χ0) is 17.9. The molecular weight excluding hydrogens is 316 g/mol. The van der Waals surface area contributed by atoms with Crippen molar-refractivity contribution in [1.29, 1.82) is 0 Å². The monoisotopic (exact) mass is 340 g/mol. The third-order valence-corrected chi connectivity index (χ3v) is 3.48. The topological polar surface area (TPSA) is 60.2 Å². The number of carbonyl (C=O) groups excluding carboxylic acids is 1. The highest BCUT2D eigenvalue weighted by atomic mass is 16.5. The molecular formula is C20H24N2O3. The van der Waals surface area contributed by atoms with Gasteiger partial charge in [-0.15, -0.1) is 0 Å². The molecule has 0 spiro atoms. The lowest BCUT2D eigenvalue weighted by Crippen LogP contribution is -2.07. The first-order chi connectivity index (χ1) is 12.2. The summed E-state index contributed by atoms with van der Waals surface area (Å²) in [6.45, 7) is 4.68. The summed E-state index contributed by atoms with van der Waals surface area (Å²) in [5.41, 5.74) is 1.44. The van der Waals surface area contributed by atoms with Gasteiger partial charge < -0.3 is 9.47 Å². The van der Waals surface area contributed by atoms with Crippen LogP contribution in [0.15, 0.2) is 58.8 Å². The molecule has 0 aliphatic heterocycles. The average Bonchev–Trinajstić information content (AvgIpc) is 2.63. The minimum atomic E-state index is -0.197. The van der Waals surface area contributed by atoms with E-state index >= 15 is 0 Å². The number of hydrogen-bond acceptors (Lipinski definition) is 5. The summed E-state index contributed by atoms with van der Waals surface area (Å²) in [7, 11) is 0. The second-order valence-corrected chi connectivity index (χ2v) is 5.55. The van der Waals surface area contributed by atoms with Crippen LogP contribution in [0.5, 0.6) is 11.5 Å². The fourth-order valence-corrected chi connectivity index (χ4v) is 2.17. The SMILES string of the molecule is CCCCCC(=O)Oc1ccc(N=Nc2ccc(OCC)cc2)cc1. The van der Waals surface area contributed by atoms with Crippen molar-refractivity contribution >= 4 is 17.3 Å². The Morgan fingerprint density at radius 1 is 0.840 bits per heavy atom. The summed E-state index contributed by atoms with van der Waals surface area (Å²) in [4.78, 5) is 11.7. The van der Waals surface area contributed by atoms with Gasteiger partial charge in [0.05, 0.1) is 18.0 Å². The van der Waals surface area contributed by atoms with Crippen LogP contribution >= 0.6 is 0 Å². The molecule has 0 heterocycles. The molecule has 2 aromatic carbocycles. The average molecular weight is 340 g/mol. The molecule has 5 nitrogen and oxygen atoms in total. The number of rotatable bonds is 9. The predicted octanol–water partition coefficient (Wildman–Crippen LogP) is 5.99. The number of ether oxygens (including phenoxy) is 2. The van der Waals surface area contributed by atoms with E-state index in [9.17, 15) is 4.79 Å². The standard InChI is InChI=1S/C20H24N2O3/c1-3-5-6-7-20(23)25-19-14-10-17(11-15-19)22-21-16-8-12-18(13-9-16)24-4-2/h8-15H,3-7H2,1-2H3. The molecule has 2 aromatic rings. The molecule has 0 atom stereocenters. The van der Waals surface area contributed by atoms with Gasteiger partial charge in [0.1, 0.15) is 11.5 Å². The van der Waals surface area contributed by atoms with E-state index in [1.165, 1.54) is 0 Å². The Bertz CT molecular complexity index is 679. The minimum absolute atomic E-state index is 0.197. The van der Waals surface area contributed by atoms with Gasteiger partial charge >= 0.3 is 5.97 Å². The van der Waals surface area contributed by atoms with E-state index in [4.69, 9.17) is 9.47 Å². The molecule has 5 heteroatoms. The van der Waals surface area contributed by atoms with Gasteiger partial charge in [0.2, 0.25) is 0 Å². The maximum absolute atomic E-state index is 11.7. The zero-order valence-corrected chi connectivity index (χ0v) is 14.8. The molecule has 0 amide bonds. The van der Waals surface area contributed by atoms with Gasteiger partial charge in [0, 0.05) is 6.42 Å². The van der Waals surface area contributed by atoms with Crippen molar-refractivity contribution in [3.05, 3.63) is 48.5 Å².